The van der Waals surface area contributed by atoms with Crippen molar-refractivity contribution in [2.45, 2.75) is 11.8 Å². The number of amides is 1. The van der Waals surface area contributed by atoms with Crippen molar-refractivity contribution in [3.05, 3.63) is 42.2 Å². The predicted molar refractivity (Wildman–Crippen MR) is 83.4 cm³/mol. The average molecular weight is 341 g/mol. The summed E-state index contributed by atoms with van der Waals surface area (Å²) in [5.41, 5.74) is 1.10. The van der Waals surface area contributed by atoms with E-state index in [0.717, 1.165) is 0 Å². The fourth-order valence-corrected chi connectivity index (χ4v) is 2.61. The number of carbonyl (C=O) groups excluding carboxylic acids is 1. The molecule has 0 spiro atoms. The minimum Gasteiger partial charge on any atom is -0.325 e. The van der Waals surface area contributed by atoms with Crippen LogP contribution in [0.5, 0.6) is 0 Å². The van der Waals surface area contributed by atoms with Gasteiger partial charge in [-0.1, -0.05) is 0 Å². The summed E-state index contributed by atoms with van der Waals surface area (Å²) in [4.78, 5) is 19.0. The first-order valence-corrected chi connectivity index (χ1v) is 8.21. The fourth-order valence-electron chi connectivity index (χ4n) is 1.59. The van der Waals surface area contributed by atoms with Crippen molar-refractivity contribution in [2.75, 3.05) is 15.9 Å². The van der Waals surface area contributed by atoms with Gasteiger partial charge in [0.05, 0.1) is 4.90 Å². The van der Waals surface area contributed by atoms with Crippen molar-refractivity contribution in [3.63, 3.8) is 0 Å². The number of hydrogen-bond donors (Lipinski definition) is 2. The van der Waals surface area contributed by atoms with Crippen molar-refractivity contribution in [1.29, 1.82) is 0 Å². The molecule has 1 amide bonds. The molecule has 0 atom stereocenters. The molecular formula is C13H13ClN4O3S. The number of alkyl halides is 1. The van der Waals surface area contributed by atoms with Crippen LogP contribution < -0.4 is 10.0 Å². The minimum absolute atomic E-state index is 0.000445. The highest BCUT2D eigenvalue weighted by molar-refractivity contribution is 7.92. The van der Waals surface area contributed by atoms with Crippen LogP contribution >= 0.6 is 11.6 Å². The molecule has 1 aromatic heterocycles. The summed E-state index contributed by atoms with van der Waals surface area (Å²) in [6, 6.07) is 7.32. The lowest BCUT2D eigenvalue weighted by atomic mass is 10.3. The van der Waals surface area contributed by atoms with Crippen LogP contribution in [0.15, 0.2) is 41.4 Å². The second-order valence-electron chi connectivity index (χ2n) is 4.33. The van der Waals surface area contributed by atoms with E-state index < -0.39 is 10.0 Å². The molecule has 0 saturated heterocycles. The first-order chi connectivity index (χ1) is 10.4. The van der Waals surface area contributed by atoms with Gasteiger partial charge in [0, 0.05) is 17.6 Å². The molecule has 22 heavy (non-hydrogen) atoms. The lowest BCUT2D eigenvalue weighted by molar-refractivity contribution is -0.113. The Kier molecular flexibility index (Phi) is 4.94. The van der Waals surface area contributed by atoms with E-state index in [4.69, 9.17) is 11.6 Å². The van der Waals surface area contributed by atoms with Crippen molar-refractivity contribution in [1.82, 2.24) is 9.97 Å². The Hall–Kier alpha value is -2.19. The number of anilines is 2. The van der Waals surface area contributed by atoms with E-state index in [0.29, 0.717) is 11.4 Å². The molecule has 9 heteroatoms. The van der Waals surface area contributed by atoms with Gasteiger partial charge in [0.25, 0.3) is 10.0 Å². The zero-order chi connectivity index (χ0) is 16.2. The van der Waals surface area contributed by atoms with Crippen molar-refractivity contribution in [3.8, 4) is 0 Å². The van der Waals surface area contributed by atoms with Gasteiger partial charge in [-0.25, -0.2) is 23.1 Å². The maximum Gasteiger partial charge on any atom is 0.264 e. The molecule has 116 valence electrons. The summed E-state index contributed by atoms with van der Waals surface area (Å²) in [7, 11) is -3.79. The molecule has 0 radical (unpaired) electrons. The highest BCUT2D eigenvalue weighted by atomic mass is 35.5. The number of hydrogen-bond acceptors (Lipinski definition) is 5. The number of halogens is 1. The zero-order valence-electron chi connectivity index (χ0n) is 11.6. The number of aryl methyl sites for hydroxylation is 1. The van der Waals surface area contributed by atoms with Crippen LogP contribution in [0.4, 0.5) is 11.6 Å². The molecule has 0 saturated carbocycles. The Bertz CT molecular complexity index is 778. The summed E-state index contributed by atoms with van der Waals surface area (Å²) < 4.78 is 26.7. The van der Waals surface area contributed by atoms with Crippen molar-refractivity contribution in [2.24, 2.45) is 0 Å². The van der Waals surface area contributed by atoms with Gasteiger partial charge in [-0.15, -0.1) is 11.6 Å². The molecule has 0 bridgehead atoms. The van der Waals surface area contributed by atoms with Gasteiger partial charge in [-0.2, -0.15) is 0 Å². The third-order valence-corrected chi connectivity index (χ3v) is 4.18. The molecule has 2 rings (SSSR count). The Morgan fingerprint density at radius 2 is 1.91 bits per heavy atom. The number of benzene rings is 1. The van der Waals surface area contributed by atoms with Crippen molar-refractivity contribution < 1.29 is 13.2 Å². The molecule has 0 unspecified atom stereocenters. The smallest absolute Gasteiger partial charge is 0.264 e. The Morgan fingerprint density at radius 3 is 2.50 bits per heavy atom. The van der Waals surface area contributed by atoms with Crippen molar-refractivity contribution >= 4 is 39.2 Å². The van der Waals surface area contributed by atoms with Crippen LogP contribution in [0, 0.1) is 6.92 Å². The first-order valence-electron chi connectivity index (χ1n) is 6.19. The third kappa shape index (κ3) is 4.15. The molecule has 2 aromatic rings. The van der Waals surface area contributed by atoms with Gasteiger partial charge < -0.3 is 5.32 Å². The molecule has 0 aliphatic carbocycles. The van der Waals surface area contributed by atoms with Crippen LogP contribution in [-0.4, -0.2) is 30.2 Å². The monoisotopic (exact) mass is 340 g/mol. The molecule has 0 aliphatic heterocycles. The number of nitrogens with one attached hydrogen (secondary N) is 2. The third-order valence-electron chi connectivity index (χ3n) is 2.59. The molecule has 7 nitrogen and oxygen atoms in total. The number of sulfonamides is 1. The van der Waals surface area contributed by atoms with Gasteiger partial charge in [0.1, 0.15) is 5.88 Å². The molecule has 1 heterocycles. The summed E-state index contributed by atoms with van der Waals surface area (Å²) in [6.07, 6.45) is 1.46. The van der Waals surface area contributed by atoms with Gasteiger partial charge in [-0.05, 0) is 37.3 Å². The van der Waals surface area contributed by atoms with E-state index in [1.165, 1.54) is 30.5 Å². The van der Waals surface area contributed by atoms with E-state index >= 15 is 0 Å². The fraction of sp³-hybridized carbons (Fsp3) is 0.154. The molecule has 1 aromatic carbocycles. The largest absolute Gasteiger partial charge is 0.325 e. The SMILES string of the molecule is Cc1ccnc(NS(=O)(=O)c2ccc(NC(=O)CCl)cc2)n1. The summed E-state index contributed by atoms with van der Waals surface area (Å²) >= 11 is 5.38. The van der Waals surface area contributed by atoms with Gasteiger partial charge in [0.2, 0.25) is 11.9 Å². The number of rotatable bonds is 5. The van der Waals surface area contributed by atoms with Crippen LogP contribution in [0.3, 0.4) is 0 Å². The molecule has 2 N–H and O–H groups in total. The van der Waals surface area contributed by atoms with E-state index in [9.17, 15) is 13.2 Å². The van der Waals surface area contributed by atoms with E-state index in [1.54, 1.807) is 13.0 Å². The number of nitrogens with zero attached hydrogens (tertiary/aromatic N) is 2. The van der Waals surface area contributed by atoms with Crippen LogP contribution in [0.25, 0.3) is 0 Å². The summed E-state index contributed by atoms with van der Waals surface area (Å²) in [6.45, 7) is 1.73. The first kappa shape index (κ1) is 16.2. The average Bonchev–Trinajstić information content (AvgIpc) is 2.47. The number of aromatic nitrogens is 2. The predicted octanol–water partition coefficient (Wildman–Crippen LogP) is 1.76. The minimum atomic E-state index is -3.79. The highest BCUT2D eigenvalue weighted by Gasteiger charge is 2.15. The Morgan fingerprint density at radius 1 is 1.23 bits per heavy atom. The lowest BCUT2D eigenvalue weighted by Gasteiger charge is -2.08. The molecule has 0 fully saturated rings. The molecule has 0 aliphatic rings. The summed E-state index contributed by atoms with van der Waals surface area (Å²) in [5.74, 6) is -0.546. The van der Waals surface area contributed by atoms with Crippen LogP contribution in [-0.2, 0) is 14.8 Å². The second-order valence-corrected chi connectivity index (χ2v) is 6.28. The standard InChI is InChI=1S/C13H13ClN4O3S/c1-9-6-7-15-13(16-9)18-22(20,21)11-4-2-10(3-5-11)17-12(19)8-14/h2-7H,8H2,1H3,(H,17,19)(H,15,16,18). The second kappa shape index (κ2) is 6.71. The van der Waals surface area contributed by atoms with Gasteiger partial charge in [-0.3, -0.25) is 4.79 Å². The van der Waals surface area contributed by atoms with E-state index in [-0.39, 0.29) is 22.6 Å². The molecular weight excluding hydrogens is 328 g/mol. The van der Waals surface area contributed by atoms with Crippen LogP contribution in [0.1, 0.15) is 5.69 Å². The topological polar surface area (TPSA) is 101 Å². The van der Waals surface area contributed by atoms with Gasteiger partial charge in [0.15, 0.2) is 0 Å². The van der Waals surface area contributed by atoms with E-state index in [2.05, 4.69) is 20.0 Å². The number of carbonyl (C=O) groups is 1. The lowest BCUT2D eigenvalue weighted by Crippen LogP contribution is -2.16. The normalized spacial score (nSPS) is 11.0. The summed E-state index contributed by atoms with van der Waals surface area (Å²) in [5, 5.41) is 2.52. The quantitative estimate of drug-likeness (QED) is 0.808. The highest BCUT2D eigenvalue weighted by Crippen LogP contribution is 2.16. The Balaban J connectivity index is 2.17. The maximum absolute atomic E-state index is 12.2. The van der Waals surface area contributed by atoms with Crippen LogP contribution in [0.2, 0.25) is 0 Å². The Labute approximate surface area is 132 Å². The zero-order valence-corrected chi connectivity index (χ0v) is 13.1. The van der Waals surface area contributed by atoms with E-state index in [1.807, 2.05) is 0 Å². The van der Waals surface area contributed by atoms with Gasteiger partial charge >= 0.3 is 0 Å². The maximum atomic E-state index is 12.2.